The van der Waals surface area contributed by atoms with Gasteiger partial charge in [-0.25, -0.2) is 4.98 Å². The molecule has 2 heterocycles. The second-order valence-corrected chi connectivity index (χ2v) is 4.49. The van der Waals surface area contributed by atoms with Gasteiger partial charge in [0.1, 0.15) is 5.82 Å². The fourth-order valence-electron chi connectivity index (χ4n) is 1.97. The summed E-state index contributed by atoms with van der Waals surface area (Å²) < 4.78 is 1.88. The molecule has 2 aromatic heterocycles. The summed E-state index contributed by atoms with van der Waals surface area (Å²) in [6.45, 7) is 6.04. The highest BCUT2D eigenvalue weighted by Gasteiger charge is 2.26. The van der Waals surface area contributed by atoms with E-state index >= 15 is 0 Å². The summed E-state index contributed by atoms with van der Waals surface area (Å²) in [4.78, 5) is 4.30. The van der Waals surface area contributed by atoms with Crippen molar-refractivity contribution in [3.8, 4) is 0 Å². The zero-order chi connectivity index (χ0) is 13.2. The van der Waals surface area contributed by atoms with Crippen molar-refractivity contribution in [2.45, 2.75) is 39.2 Å². The lowest BCUT2D eigenvalue weighted by molar-refractivity contribution is 0.202. The van der Waals surface area contributed by atoms with Gasteiger partial charge in [-0.15, -0.1) is 10.2 Å². The smallest absolute Gasteiger partial charge is 0.203 e. The van der Waals surface area contributed by atoms with Crippen LogP contribution >= 0.6 is 0 Å². The van der Waals surface area contributed by atoms with Gasteiger partial charge in [0, 0.05) is 12.4 Å². The molecule has 0 atom stereocenters. The highest BCUT2D eigenvalue weighted by molar-refractivity contribution is 5.63. The molecule has 0 saturated carbocycles. The lowest BCUT2D eigenvalue weighted by atomic mass is 9.94. The maximum Gasteiger partial charge on any atom is 0.203 e. The van der Waals surface area contributed by atoms with Gasteiger partial charge in [0.25, 0.3) is 0 Å². The van der Waals surface area contributed by atoms with E-state index in [2.05, 4.69) is 20.5 Å². The summed E-state index contributed by atoms with van der Waals surface area (Å²) in [5.74, 6) is 1.48. The first kappa shape index (κ1) is 12.8. The number of hydrogen-bond acceptors (Lipinski definition) is 5. The molecule has 0 unspecified atom stereocenters. The molecule has 0 spiro atoms. The molecule has 0 radical (unpaired) electrons. The van der Waals surface area contributed by atoms with Crippen LogP contribution in [0.3, 0.4) is 0 Å². The van der Waals surface area contributed by atoms with Crippen molar-refractivity contribution in [3.63, 3.8) is 0 Å². The van der Waals surface area contributed by atoms with Crippen LogP contribution in [0.1, 0.15) is 32.5 Å². The molecule has 6 nitrogen and oxygen atoms in total. The van der Waals surface area contributed by atoms with Gasteiger partial charge < -0.3 is 10.4 Å². The van der Waals surface area contributed by atoms with Crippen molar-refractivity contribution in [1.82, 2.24) is 19.6 Å². The van der Waals surface area contributed by atoms with Crippen molar-refractivity contribution in [1.29, 1.82) is 0 Å². The Hall–Kier alpha value is -1.69. The minimum Gasteiger partial charge on any atom is -0.394 e. The number of aliphatic hydroxyl groups is 1. The monoisotopic (exact) mass is 249 g/mol. The second-order valence-electron chi connectivity index (χ2n) is 4.49. The molecule has 0 saturated heterocycles. The quantitative estimate of drug-likeness (QED) is 0.837. The van der Waals surface area contributed by atoms with Gasteiger partial charge in [-0.05, 0) is 19.8 Å². The van der Waals surface area contributed by atoms with E-state index in [9.17, 15) is 5.11 Å². The number of fused-ring (bicyclic) bond motifs is 1. The Kier molecular flexibility index (Phi) is 3.47. The summed E-state index contributed by atoms with van der Waals surface area (Å²) in [5, 5.41) is 21.0. The maximum absolute atomic E-state index is 9.58. The summed E-state index contributed by atoms with van der Waals surface area (Å²) in [6.07, 6.45) is 5.17. The Morgan fingerprint density at radius 3 is 2.67 bits per heavy atom. The minimum atomic E-state index is -0.352. The number of nitrogens with zero attached hydrogens (tertiary/aromatic N) is 4. The molecule has 0 aromatic carbocycles. The lowest BCUT2D eigenvalue weighted by Gasteiger charge is -2.31. The van der Waals surface area contributed by atoms with E-state index in [0.29, 0.717) is 11.5 Å². The first-order valence-corrected chi connectivity index (χ1v) is 6.21. The topological polar surface area (TPSA) is 75.3 Å². The molecule has 2 N–H and O–H groups in total. The van der Waals surface area contributed by atoms with Gasteiger partial charge >= 0.3 is 0 Å². The molecule has 0 fully saturated rings. The van der Waals surface area contributed by atoms with Crippen LogP contribution in [0.5, 0.6) is 0 Å². The largest absolute Gasteiger partial charge is 0.394 e. The fraction of sp³-hybridized carbons (Fsp3) is 0.583. The molecule has 18 heavy (non-hydrogen) atoms. The molecule has 2 rings (SSSR count). The van der Waals surface area contributed by atoms with Crippen LogP contribution in [0, 0.1) is 6.92 Å². The van der Waals surface area contributed by atoms with Crippen molar-refractivity contribution < 1.29 is 5.11 Å². The molecule has 2 aromatic rings. The Balaban J connectivity index is 2.42. The fourth-order valence-corrected chi connectivity index (χ4v) is 1.97. The van der Waals surface area contributed by atoms with Crippen LogP contribution in [0.15, 0.2) is 12.4 Å². The highest BCUT2D eigenvalue weighted by atomic mass is 16.3. The van der Waals surface area contributed by atoms with Gasteiger partial charge in [0.2, 0.25) is 5.65 Å². The van der Waals surface area contributed by atoms with Crippen LogP contribution in [-0.4, -0.2) is 36.8 Å². The van der Waals surface area contributed by atoms with Gasteiger partial charge in [-0.2, -0.15) is 0 Å². The predicted octanol–water partition coefficient (Wildman–Crippen LogP) is 1.40. The summed E-state index contributed by atoms with van der Waals surface area (Å²) >= 11 is 0. The Morgan fingerprint density at radius 1 is 1.33 bits per heavy atom. The first-order chi connectivity index (χ1) is 8.65. The molecule has 0 aliphatic carbocycles. The lowest BCUT2D eigenvalue weighted by Crippen LogP contribution is -2.41. The van der Waals surface area contributed by atoms with Crippen LogP contribution in [-0.2, 0) is 0 Å². The average Bonchev–Trinajstić information content (AvgIpc) is 2.79. The molecule has 6 heteroatoms. The molecule has 0 bridgehead atoms. The minimum absolute atomic E-state index is 0.0653. The number of aryl methyl sites for hydroxylation is 1. The molecular formula is C12H19N5O. The van der Waals surface area contributed by atoms with Crippen molar-refractivity contribution in [2.75, 3.05) is 11.9 Å². The standard InChI is InChI=1S/C12H19N5O/c1-4-12(5-2,8-18)14-10-11-16-15-9(3)17(11)7-6-13-10/h6-7,18H,4-5,8H2,1-3H3,(H,13,14). The SMILES string of the molecule is CCC(CC)(CO)Nc1nccn2c(C)nnc12. The third-order valence-corrected chi connectivity index (χ3v) is 3.54. The van der Waals surface area contributed by atoms with Gasteiger partial charge in [-0.3, -0.25) is 4.40 Å². The Bertz CT molecular complexity index is 524. The van der Waals surface area contributed by atoms with E-state index in [0.717, 1.165) is 18.7 Å². The van der Waals surface area contributed by atoms with E-state index in [4.69, 9.17) is 0 Å². The predicted molar refractivity (Wildman–Crippen MR) is 69.5 cm³/mol. The molecular weight excluding hydrogens is 230 g/mol. The van der Waals surface area contributed by atoms with E-state index < -0.39 is 0 Å². The second kappa shape index (κ2) is 4.89. The van der Waals surface area contributed by atoms with Crippen LogP contribution in [0.2, 0.25) is 0 Å². The third-order valence-electron chi connectivity index (χ3n) is 3.54. The van der Waals surface area contributed by atoms with Crippen LogP contribution in [0.25, 0.3) is 5.65 Å². The maximum atomic E-state index is 9.58. The van der Waals surface area contributed by atoms with Crippen molar-refractivity contribution in [3.05, 3.63) is 18.2 Å². The summed E-state index contributed by atoms with van der Waals surface area (Å²) in [7, 11) is 0. The number of rotatable bonds is 5. The zero-order valence-electron chi connectivity index (χ0n) is 11.0. The normalized spacial score (nSPS) is 12.0. The molecule has 0 aliphatic heterocycles. The highest BCUT2D eigenvalue weighted by Crippen LogP contribution is 2.22. The van der Waals surface area contributed by atoms with Gasteiger partial charge in [0.15, 0.2) is 5.82 Å². The van der Waals surface area contributed by atoms with E-state index in [1.165, 1.54) is 0 Å². The van der Waals surface area contributed by atoms with E-state index in [1.807, 2.05) is 31.4 Å². The number of hydrogen-bond donors (Lipinski definition) is 2. The van der Waals surface area contributed by atoms with E-state index in [1.54, 1.807) is 6.20 Å². The number of anilines is 1. The van der Waals surface area contributed by atoms with E-state index in [-0.39, 0.29) is 12.1 Å². The van der Waals surface area contributed by atoms with Gasteiger partial charge in [0.05, 0.1) is 12.1 Å². The number of aromatic nitrogens is 4. The molecule has 98 valence electrons. The Morgan fingerprint density at radius 2 is 2.06 bits per heavy atom. The third kappa shape index (κ3) is 2.03. The number of nitrogens with one attached hydrogen (secondary N) is 1. The number of aliphatic hydroxyl groups excluding tert-OH is 1. The molecule has 0 amide bonds. The zero-order valence-corrected chi connectivity index (χ0v) is 11.0. The molecule has 0 aliphatic rings. The average molecular weight is 249 g/mol. The Labute approximate surface area is 106 Å². The summed E-state index contributed by atoms with van der Waals surface area (Å²) in [5.41, 5.74) is 0.337. The van der Waals surface area contributed by atoms with Crippen molar-refractivity contribution in [2.24, 2.45) is 0 Å². The summed E-state index contributed by atoms with van der Waals surface area (Å²) in [6, 6.07) is 0. The van der Waals surface area contributed by atoms with Crippen LogP contribution < -0.4 is 5.32 Å². The van der Waals surface area contributed by atoms with Gasteiger partial charge in [-0.1, -0.05) is 13.8 Å². The van der Waals surface area contributed by atoms with Crippen LogP contribution in [0.4, 0.5) is 5.82 Å². The van der Waals surface area contributed by atoms with Crippen molar-refractivity contribution >= 4 is 11.5 Å². The first-order valence-electron chi connectivity index (χ1n) is 6.21.